The summed E-state index contributed by atoms with van der Waals surface area (Å²) in [5.74, 6) is -3.99. The summed E-state index contributed by atoms with van der Waals surface area (Å²) in [5.41, 5.74) is 2.90. The maximum Gasteiger partial charge on any atom is 0.410 e. The first-order chi connectivity index (χ1) is 19.0. The average Bonchev–Trinajstić information content (AvgIpc) is 3.38. The van der Waals surface area contributed by atoms with Gasteiger partial charge in [-0.05, 0) is 44.0 Å². The minimum atomic E-state index is -3.92. The third-order valence-corrected chi connectivity index (χ3v) is 8.71. The van der Waals surface area contributed by atoms with Crippen molar-refractivity contribution in [3.8, 4) is 0 Å². The Bertz CT molecular complexity index is 1620. The van der Waals surface area contributed by atoms with Gasteiger partial charge in [-0.15, -0.1) is 0 Å². The molecule has 0 bridgehead atoms. The zero-order valence-electron chi connectivity index (χ0n) is 22.0. The minimum Gasteiger partial charge on any atom is -0.445 e. The number of amides is 1. The molecule has 0 saturated carbocycles. The maximum atomic E-state index is 15.1. The van der Waals surface area contributed by atoms with Crippen LogP contribution in [0.2, 0.25) is 0 Å². The summed E-state index contributed by atoms with van der Waals surface area (Å²) in [5, 5.41) is 3.33. The number of ether oxygens (including phenoxy) is 1. The summed E-state index contributed by atoms with van der Waals surface area (Å²) in [4.78, 5) is 21.9. The number of halogens is 2. The highest BCUT2D eigenvalue weighted by Crippen LogP contribution is 2.34. The van der Waals surface area contributed by atoms with Crippen molar-refractivity contribution >= 4 is 33.0 Å². The van der Waals surface area contributed by atoms with E-state index in [0.29, 0.717) is 5.39 Å². The van der Waals surface area contributed by atoms with Gasteiger partial charge in [-0.2, -0.15) is 0 Å². The Kier molecular flexibility index (Phi) is 7.45. The standard InChI is InChI=1S/C28H29F2N5O4S/c1-19-3-7-21(8-4-19)16-39-27(36)34-13-11-22(28(29,30)17-34)15-31-25-24-12-14-35(26(24)33-18-32-25)40(37,38)23-9-5-20(2)6-10-23/h3-10,12,14,18,22H,11,13,15-17H2,1-2H3,(H,31,32,33). The van der Waals surface area contributed by atoms with Gasteiger partial charge in [0, 0.05) is 25.2 Å². The summed E-state index contributed by atoms with van der Waals surface area (Å²) < 4.78 is 62.8. The van der Waals surface area contributed by atoms with Crippen LogP contribution in [0.5, 0.6) is 0 Å². The lowest BCUT2D eigenvalue weighted by atomic mass is 9.93. The molecule has 1 saturated heterocycles. The van der Waals surface area contributed by atoms with E-state index in [-0.39, 0.29) is 42.5 Å². The van der Waals surface area contributed by atoms with E-state index in [0.717, 1.165) is 25.6 Å². The molecule has 40 heavy (non-hydrogen) atoms. The Morgan fingerprint density at radius 3 is 2.40 bits per heavy atom. The van der Waals surface area contributed by atoms with Crippen LogP contribution in [0.15, 0.2) is 72.0 Å². The van der Waals surface area contributed by atoms with Crippen molar-refractivity contribution in [2.24, 2.45) is 5.92 Å². The van der Waals surface area contributed by atoms with Crippen molar-refractivity contribution in [3.05, 3.63) is 83.8 Å². The molecule has 9 nitrogen and oxygen atoms in total. The second-order valence-electron chi connectivity index (χ2n) is 9.98. The zero-order valence-corrected chi connectivity index (χ0v) is 22.9. The number of nitrogens with zero attached hydrogens (tertiary/aromatic N) is 4. The largest absolute Gasteiger partial charge is 0.445 e. The number of fused-ring (bicyclic) bond motifs is 1. The summed E-state index contributed by atoms with van der Waals surface area (Å²) >= 11 is 0. The average molecular weight is 570 g/mol. The van der Waals surface area contributed by atoms with E-state index in [4.69, 9.17) is 4.74 Å². The SMILES string of the molecule is Cc1ccc(COC(=O)N2CCC(CNc3ncnc4c3ccn4S(=O)(=O)c3ccc(C)cc3)C(F)(F)C2)cc1. The van der Waals surface area contributed by atoms with Crippen LogP contribution in [0.4, 0.5) is 19.4 Å². The van der Waals surface area contributed by atoms with Crippen molar-refractivity contribution in [2.75, 3.05) is 25.0 Å². The molecule has 2 aromatic carbocycles. The first-order valence-corrected chi connectivity index (χ1v) is 14.2. The molecule has 2 aromatic heterocycles. The third kappa shape index (κ3) is 5.62. The van der Waals surface area contributed by atoms with Crippen molar-refractivity contribution in [1.29, 1.82) is 0 Å². The highest BCUT2D eigenvalue weighted by molar-refractivity contribution is 7.90. The van der Waals surface area contributed by atoms with Gasteiger partial charge in [0.15, 0.2) is 5.65 Å². The summed E-state index contributed by atoms with van der Waals surface area (Å²) in [6.07, 6.45) is 1.84. The molecule has 12 heteroatoms. The molecular formula is C28H29F2N5O4S. The molecule has 1 aliphatic heterocycles. The lowest BCUT2D eigenvalue weighted by Crippen LogP contribution is -2.52. The van der Waals surface area contributed by atoms with Gasteiger partial charge in [0.2, 0.25) is 0 Å². The maximum absolute atomic E-state index is 15.1. The highest BCUT2D eigenvalue weighted by atomic mass is 32.2. The topological polar surface area (TPSA) is 106 Å². The lowest BCUT2D eigenvalue weighted by Gasteiger charge is -2.37. The van der Waals surface area contributed by atoms with Gasteiger partial charge in [0.1, 0.15) is 18.8 Å². The molecule has 1 unspecified atom stereocenters. The number of nitrogens with one attached hydrogen (secondary N) is 1. The molecule has 1 fully saturated rings. The van der Waals surface area contributed by atoms with E-state index < -0.39 is 34.5 Å². The monoisotopic (exact) mass is 569 g/mol. The van der Waals surface area contributed by atoms with Crippen LogP contribution in [-0.4, -0.2) is 58.9 Å². The lowest BCUT2D eigenvalue weighted by molar-refractivity contribution is -0.101. The van der Waals surface area contributed by atoms with Crippen LogP contribution in [0, 0.1) is 19.8 Å². The highest BCUT2D eigenvalue weighted by Gasteiger charge is 2.46. The van der Waals surface area contributed by atoms with Gasteiger partial charge >= 0.3 is 6.09 Å². The number of benzene rings is 2. The molecule has 4 aromatic rings. The number of carbonyl (C=O) groups excluding carboxylic acids is 1. The predicted octanol–water partition coefficient (Wildman–Crippen LogP) is 4.99. The molecule has 210 valence electrons. The van der Waals surface area contributed by atoms with Crippen LogP contribution in [0.1, 0.15) is 23.1 Å². The van der Waals surface area contributed by atoms with Crippen molar-refractivity contribution < 1.29 is 26.7 Å². The van der Waals surface area contributed by atoms with Gasteiger partial charge in [0.25, 0.3) is 15.9 Å². The Morgan fingerprint density at radius 2 is 1.73 bits per heavy atom. The molecule has 3 heterocycles. The number of piperidine rings is 1. The van der Waals surface area contributed by atoms with Crippen LogP contribution >= 0.6 is 0 Å². The fourth-order valence-corrected chi connectivity index (χ4v) is 5.92. The van der Waals surface area contributed by atoms with Crippen LogP contribution in [0.25, 0.3) is 11.0 Å². The second kappa shape index (κ2) is 10.8. The number of hydrogen-bond acceptors (Lipinski definition) is 7. The van der Waals surface area contributed by atoms with E-state index in [2.05, 4.69) is 15.3 Å². The van der Waals surface area contributed by atoms with Crippen molar-refractivity contribution in [2.45, 2.75) is 37.7 Å². The number of likely N-dealkylation sites (tertiary alicyclic amines) is 1. The van der Waals surface area contributed by atoms with Crippen LogP contribution < -0.4 is 5.32 Å². The quantitative estimate of drug-likeness (QED) is 0.334. The first-order valence-electron chi connectivity index (χ1n) is 12.8. The molecule has 5 rings (SSSR count). The smallest absolute Gasteiger partial charge is 0.410 e. The minimum absolute atomic E-state index is 0.00909. The molecule has 0 radical (unpaired) electrons. The Labute approximate surface area is 230 Å². The van der Waals surface area contributed by atoms with Crippen LogP contribution in [-0.2, 0) is 21.4 Å². The Balaban J connectivity index is 1.24. The molecule has 1 atom stereocenters. The number of rotatable bonds is 7. The van der Waals surface area contributed by atoms with E-state index in [1.807, 2.05) is 38.1 Å². The second-order valence-corrected chi connectivity index (χ2v) is 11.8. The summed E-state index contributed by atoms with van der Waals surface area (Å²) in [7, 11) is -3.92. The van der Waals surface area contributed by atoms with Gasteiger partial charge in [-0.3, -0.25) is 0 Å². The molecule has 1 N–H and O–H groups in total. The number of aryl methyl sites for hydroxylation is 2. The van der Waals surface area contributed by atoms with E-state index in [9.17, 15) is 13.2 Å². The number of carbonyl (C=O) groups is 1. The van der Waals surface area contributed by atoms with Gasteiger partial charge in [-0.1, -0.05) is 47.5 Å². The van der Waals surface area contributed by atoms with Crippen LogP contribution in [0.3, 0.4) is 0 Å². The fraction of sp³-hybridized carbons (Fsp3) is 0.321. The van der Waals surface area contributed by atoms with Crippen molar-refractivity contribution in [1.82, 2.24) is 18.8 Å². The zero-order chi connectivity index (χ0) is 28.5. The molecule has 0 aliphatic carbocycles. The van der Waals surface area contributed by atoms with E-state index in [1.54, 1.807) is 12.1 Å². The molecule has 1 aliphatic rings. The van der Waals surface area contributed by atoms with E-state index >= 15 is 8.78 Å². The summed E-state index contributed by atoms with van der Waals surface area (Å²) in [6.45, 7) is 3.06. The third-order valence-electron chi connectivity index (χ3n) is 7.03. The summed E-state index contributed by atoms with van der Waals surface area (Å²) in [6, 6.07) is 15.4. The number of hydrogen-bond donors (Lipinski definition) is 1. The Hall–Kier alpha value is -4.06. The fourth-order valence-electron chi connectivity index (χ4n) is 4.62. The van der Waals surface area contributed by atoms with E-state index in [1.165, 1.54) is 30.7 Å². The predicted molar refractivity (Wildman–Crippen MR) is 146 cm³/mol. The number of aromatic nitrogens is 3. The normalized spacial score (nSPS) is 17.1. The van der Waals surface area contributed by atoms with Crippen molar-refractivity contribution in [3.63, 3.8) is 0 Å². The van der Waals surface area contributed by atoms with Gasteiger partial charge in [0.05, 0.1) is 16.8 Å². The Morgan fingerprint density at radius 1 is 1.05 bits per heavy atom. The molecular weight excluding hydrogens is 540 g/mol. The first kappa shape index (κ1) is 27.5. The molecule has 0 spiro atoms. The molecule has 1 amide bonds. The number of alkyl halides is 2. The van der Waals surface area contributed by atoms with Gasteiger partial charge in [-0.25, -0.2) is 35.9 Å². The van der Waals surface area contributed by atoms with Gasteiger partial charge < -0.3 is 15.0 Å². The number of anilines is 1.